The fourth-order valence-electron chi connectivity index (χ4n) is 3.95. The van der Waals surface area contributed by atoms with Gasteiger partial charge in [-0.25, -0.2) is 13.4 Å². The maximum absolute atomic E-state index is 13.4. The van der Waals surface area contributed by atoms with Crippen LogP contribution < -0.4 is 4.80 Å². The van der Waals surface area contributed by atoms with Crippen molar-refractivity contribution < 1.29 is 17.9 Å². The molecule has 0 unspecified atom stereocenters. The van der Waals surface area contributed by atoms with Gasteiger partial charge in [0.25, 0.3) is 0 Å². The van der Waals surface area contributed by atoms with Crippen molar-refractivity contribution in [3.8, 4) is 11.3 Å². The van der Waals surface area contributed by atoms with E-state index in [2.05, 4.69) is 4.57 Å². The molecule has 1 fully saturated rings. The standard InChI is InChI=1S/C24H29N3O4S2/c1-18-15-26(16-19(2)31-18)33(28,29)22-11-7-8-20(14-22)23-17-32-24(27(23)12-13-30-3)25-21-9-5-4-6-10-21/h4-11,14,17-19H,12-13,15-16H2,1-3H3/t18-,19+. The third-order valence-corrected chi connectivity index (χ3v) is 8.14. The molecular weight excluding hydrogens is 458 g/mol. The summed E-state index contributed by atoms with van der Waals surface area (Å²) in [4.78, 5) is 5.90. The molecule has 1 aliphatic rings. The van der Waals surface area contributed by atoms with Gasteiger partial charge in [-0.1, -0.05) is 30.3 Å². The van der Waals surface area contributed by atoms with Crippen LogP contribution in [0.3, 0.4) is 0 Å². The van der Waals surface area contributed by atoms with Crippen LogP contribution in [0.25, 0.3) is 11.3 Å². The van der Waals surface area contributed by atoms with Crippen LogP contribution in [0, 0.1) is 0 Å². The second kappa shape index (κ2) is 10.3. The fraction of sp³-hybridized carbons (Fsp3) is 0.375. The van der Waals surface area contributed by atoms with E-state index < -0.39 is 10.0 Å². The molecule has 2 aromatic carbocycles. The predicted molar refractivity (Wildman–Crippen MR) is 130 cm³/mol. The Morgan fingerprint density at radius 1 is 1.09 bits per heavy atom. The Balaban J connectivity index is 1.73. The van der Waals surface area contributed by atoms with Crippen molar-refractivity contribution >= 4 is 27.0 Å². The molecule has 1 saturated heterocycles. The molecule has 33 heavy (non-hydrogen) atoms. The molecule has 7 nitrogen and oxygen atoms in total. The molecule has 1 aromatic heterocycles. The Bertz CT molecular complexity index is 1240. The summed E-state index contributed by atoms with van der Waals surface area (Å²) in [5, 5.41) is 2.02. The van der Waals surface area contributed by atoms with Crippen molar-refractivity contribution in [2.24, 2.45) is 4.99 Å². The summed E-state index contributed by atoms with van der Waals surface area (Å²) in [6.07, 6.45) is -0.274. The van der Waals surface area contributed by atoms with E-state index in [1.165, 1.54) is 15.6 Å². The minimum atomic E-state index is -3.63. The predicted octanol–water partition coefficient (Wildman–Crippen LogP) is 3.89. The third-order valence-electron chi connectivity index (χ3n) is 5.45. The number of aromatic nitrogens is 1. The van der Waals surface area contributed by atoms with Crippen LogP contribution in [0.4, 0.5) is 5.69 Å². The van der Waals surface area contributed by atoms with Crippen molar-refractivity contribution in [3.63, 3.8) is 0 Å². The first-order chi connectivity index (χ1) is 15.9. The molecule has 2 heterocycles. The number of methoxy groups -OCH3 is 1. The first kappa shape index (κ1) is 23.8. The molecular formula is C24H29N3O4S2. The number of rotatable bonds is 7. The summed E-state index contributed by atoms with van der Waals surface area (Å²) in [7, 11) is -1.97. The molecule has 0 spiro atoms. The lowest BCUT2D eigenvalue weighted by Gasteiger charge is -2.34. The van der Waals surface area contributed by atoms with Gasteiger partial charge in [0.15, 0.2) is 4.80 Å². The molecule has 3 aromatic rings. The lowest BCUT2D eigenvalue weighted by molar-refractivity contribution is -0.0440. The zero-order valence-corrected chi connectivity index (χ0v) is 20.7. The summed E-state index contributed by atoms with van der Waals surface area (Å²) in [6.45, 7) is 5.63. The van der Waals surface area contributed by atoms with Crippen LogP contribution in [-0.4, -0.2) is 56.3 Å². The summed E-state index contributed by atoms with van der Waals surface area (Å²) in [5.74, 6) is 0. The normalized spacial score (nSPS) is 20.3. The number of ether oxygens (including phenoxy) is 2. The van der Waals surface area contributed by atoms with Crippen LogP contribution in [0.5, 0.6) is 0 Å². The number of benzene rings is 2. The molecule has 0 saturated carbocycles. The van der Waals surface area contributed by atoms with E-state index in [1.54, 1.807) is 25.3 Å². The van der Waals surface area contributed by atoms with Crippen LogP contribution in [-0.2, 0) is 26.0 Å². The van der Waals surface area contributed by atoms with E-state index >= 15 is 0 Å². The van der Waals surface area contributed by atoms with E-state index in [-0.39, 0.29) is 17.1 Å². The SMILES string of the molecule is COCCn1c(-c2cccc(S(=O)(=O)N3C[C@@H](C)O[C@@H](C)C3)c2)csc1=Nc1ccccc1. The highest BCUT2D eigenvalue weighted by Crippen LogP contribution is 2.27. The van der Waals surface area contributed by atoms with Crippen LogP contribution in [0.1, 0.15) is 13.8 Å². The van der Waals surface area contributed by atoms with Gasteiger partial charge in [-0.15, -0.1) is 11.3 Å². The number of morpholine rings is 1. The van der Waals surface area contributed by atoms with Gasteiger partial charge in [0, 0.05) is 37.7 Å². The average molecular weight is 488 g/mol. The molecule has 1 aliphatic heterocycles. The van der Waals surface area contributed by atoms with Gasteiger partial charge in [-0.2, -0.15) is 4.31 Å². The molecule has 176 valence electrons. The van der Waals surface area contributed by atoms with E-state index in [1.807, 2.05) is 55.6 Å². The van der Waals surface area contributed by atoms with Gasteiger partial charge in [0.05, 0.1) is 35.1 Å². The number of thiazole rings is 1. The molecule has 0 radical (unpaired) electrons. The molecule has 0 N–H and O–H groups in total. The van der Waals surface area contributed by atoms with E-state index in [0.29, 0.717) is 26.2 Å². The summed E-state index contributed by atoms with van der Waals surface area (Å²) in [6, 6.07) is 16.9. The third kappa shape index (κ3) is 5.44. The molecule has 4 rings (SSSR count). The zero-order valence-electron chi connectivity index (χ0n) is 19.0. The first-order valence-corrected chi connectivity index (χ1v) is 13.2. The van der Waals surface area contributed by atoms with Gasteiger partial charge >= 0.3 is 0 Å². The van der Waals surface area contributed by atoms with Gasteiger partial charge in [-0.3, -0.25) is 0 Å². The quantitative estimate of drug-likeness (QED) is 0.507. The summed E-state index contributed by atoms with van der Waals surface area (Å²) in [5.41, 5.74) is 2.60. The Kier molecular flexibility index (Phi) is 7.45. The van der Waals surface area contributed by atoms with Crippen molar-refractivity contribution in [2.75, 3.05) is 26.8 Å². The smallest absolute Gasteiger partial charge is 0.243 e. The number of para-hydroxylation sites is 1. The summed E-state index contributed by atoms with van der Waals surface area (Å²) < 4.78 is 41.4. The largest absolute Gasteiger partial charge is 0.383 e. The zero-order chi connectivity index (χ0) is 23.4. The first-order valence-electron chi connectivity index (χ1n) is 10.9. The topological polar surface area (TPSA) is 73.1 Å². The molecule has 0 amide bonds. The van der Waals surface area contributed by atoms with Gasteiger partial charge in [0.1, 0.15) is 0 Å². The van der Waals surface area contributed by atoms with E-state index in [9.17, 15) is 8.42 Å². The lowest BCUT2D eigenvalue weighted by atomic mass is 10.2. The number of hydrogen-bond donors (Lipinski definition) is 0. The number of nitrogens with zero attached hydrogens (tertiary/aromatic N) is 3. The molecule has 0 bridgehead atoms. The second-order valence-corrected chi connectivity index (χ2v) is 10.9. The maximum Gasteiger partial charge on any atom is 0.243 e. The maximum atomic E-state index is 13.4. The Hall–Kier alpha value is -2.30. The van der Waals surface area contributed by atoms with Crippen molar-refractivity contribution in [1.82, 2.24) is 8.87 Å². The highest BCUT2D eigenvalue weighted by Gasteiger charge is 2.32. The lowest BCUT2D eigenvalue weighted by Crippen LogP contribution is -2.48. The van der Waals surface area contributed by atoms with E-state index in [4.69, 9.17) is 14.5 Å². The summed E-state index contributed by atoms with van der Waals surface area (Å²) >= 11 is 1.52. The monoisotopic (exact) mass is 487 g/mol. The van der Waals surface area contributed by atoms with Crippen molar-refractivity contribution in [3.05, 3.63) is 64.8 Å². The van der Waals surface area contributed by atoms with Crippen LogP contribution in [0.15, 0.2) is 69.9 Å². The Morgan fingerprint density at radius 2 is 1.82 bits per heavy atom. The Morgan fingerprint density at radius 3 is 2.52 bits per heavy atom. The number of hydrogen-bond acceptors (Lipinski definition) is 6. The van der Waals surface area contributed by atoms with E-state index in [0.717, 1.165) is 21.7 Å². The minimum absolute atomic E-state index is 0.137. The number of sulfonamides is 1. The molecule has 9 heteroatoms. The molecule has 0 aliphatic carbocycles. The van der Waals surface area contributed by atoms with Crippen LogP contribution >= 0.6 is 11.3 Å². The van der Waals surface area contributed by atoms with Crippen molar-refractivity contribution in [2.45, 2.75) is 37.5 Å². The van der Waals surface area contributed by atoms with Gasteiger partial charge in [-0.05, 0) is 38.1 Å². The highest BCUT2D eigenvalue weighted by atomic mass is 32.2. The second-order valence-electron chi connectivity index (χ2n) is 8.10. The Labute approximate surface area is 199 Å². The van der Waals surface area contributed by atoms with Gasteiger partial charge in [0.2, 0.25) is 10.0 Å². The highest BCUT2D eigenvalue weighted by molar-refractivity contribution is 7.89. The average Bonchev–Trinajstić information content (AvgIpc) is 3.20. The van der Waals surface area contributed by atoms with Gasteiger partial charge < -0.3 is 14.0 Å². The van der Waals surface area contributed by atoms with Crippen LogP contribution in [0.2, 0.25) is 0 Å². The van der Waals surface area contributed by atoms with Crippen molar-refractivity contribution in [1.29, 1.82) is 0 Å². The minimum Gasteiger partial charge on any atom is -0.383 e. The molecule has 2 atom stereocenters. The fourth-order valence-corrected chi connectivity index (χ4v) is 6.55.